The van der Waals surface area contributed by atoms with E-state index in [0.29, 0.717) is 5.69 Å². The van der Waals surface area contributed by atoms with Gasteiger partial charge in [-0.05, 0) is 25.1 Å². The maximum absolute atomic E-state index is 10.7. The van der Waals surface area contributed by atoms with Crippen LogP contribution in [0.5, 0.6) is 0 Å². The van der Waals surface area contributed by atoms with Crippen LogP contribution in [0, 0.1) is 21.4 Å². The Morgan fingerprint density at radius 1 is 1.47 bits per heavy atom. The third-order valence-corrected chi connectivity index (χ3v) is 2.68. The summed E-state index contributed by atoms with van der Waals surface area (Å²) in [5.41, 5.74) is 0.664. The number of rotatable bonds is 4. The van der Waals surface area contributed by atoms with Gasteiger partial charge in [0, 0.05) is 12.1 Å². The van der Waals surface area contributed by atoms with Crippen molar-refractivity contribution in [3.8, 4) is 6.07 Å². The molecule has 0 saturated heterocycles. The molecule has 0 radical (unpaired) electrons. The molecule has 0 saturated carbocycles. The van der Waals surface area contributed by atoms with Crippen molar-refractivity contribution in [3.05, 3.63) is 58.0 Å². The zero-order valence-electron chi connectivity index (χ0n) is 10.2. The number of nitrogens with one attached hydrogen (secondary N) is 1. The summed E-state index contributed by atoms with van der Waals surface area (Å²) in [6.45, 7) is 1.88. The van der Waals surface area contributed by atoms with Crippen LogP contribution in [0.3, 0.4) is 0 Å². The summed E-state index contributed by atoms with van der Waals surface area (Å²) < 4.78 is 5.25. The summed E-state index contributed by atoms with van der Waals surface area (Å²) in [5.74, 6) is 0.724. The van der Waals surface area contributed by atoms with Gasteiger partial charge in [0.2, 0.25) is 0 Å². The molecule has 96 valence electrons. The summed E-state index contributed by atoms with van der Waals surface area (Å²) in [7, 11) is 0. The number of hydrogen-bond donors (Lipinski definition) is 1. The Balaban J connectivity index is 2.26. The lowest BCUT2D eigenvalue weighted by Crippen LogP contribution is -2.07. The smallest absolute Gasteiger partial charge is 0.270 e. The van der Waals surface area contributed by atoms with Gasteiger partial charge in [0.25, 0.3) is 5.69 Å². The minimum atomic E-state index is -0.527. The molecule has 0 aliphatic carbocycles. The highest BCUT2D eigenvalue weighted by atomic mass is 16.6. The minimum Gasteiger partial charge on any atom is -0.467 e. The van der Waals surface area contributed by atoms with Crippen molar-refractivity contribution in [3.63, 3.8) is 0 Å². The fourth-order valence-electron chi connectivity index (χ4n) is 1.71. The van der Waals surface area contributed by atoms with E-state index in [1.807, 2.05) is 19.1 Å². The van der Waals surface area contributed by atoms with Crippen molar-refractivity contribution in [1.29, 1.82) is 5.26 Å². The van der Waals surface area contributed by atoms with Crippen molar-refractivity contribution in [2.45, 2.75) is 13.0 Å². The fourth-order valence-corrected chi connectivity index (χ4v) is 1.71. The van der Waals surface area contributed by atoms with Crippen LogP contribution in [0.4, 0.5) is 11.4 Å². The molecule has 0 bridgehead atoms. The summed E-state index contributed by atoms with van der Waals surface area (Å²) in [5, 5.41) is 22.8. The normalized spacial score (nSPS) is 11.6. The van der Waals surface area contributed by atoms with Gasteiger partial charge in [-0.2, -0.15) is 5.26 Å². The molecule has 0 aliphatic heterocycles. The molecule has 19 heavy (non-hydrogen) atoms. The van der Waals surface area contributed by atoms with Crippen LogP contribution in [0.2, 0.25) is 0 Å². The van der Waals surface area contributed by atoms with Crippen LogP contribution in [0.1, 0.15) is 24.3 Å². The molecule has 0 fully saturated rings. The highest BCUT2D eigenvalue weighted by Gasteiger charge is 2.14. The maximum Gasteiger partial charge on any atom is 0.270 e. The lowest BCUT2D eigenvalue weighted by molar-refractivity contribution is -0.384. The first-order valence-electron chi connectivity index (χ1n) is 5.60. The third-order valence-electron chi connectivity index (χ3n) is 2.68. The van der Waals surface area contributed by atoms with Gasteiger partial charge in [-0.3, -0.25) is 10.1 Å². The second-order valence-corrected chi connectivity index (χ2v) is 3.98. The van der Waals surface area contributed by atoms with E-state index in [-0.39, 0.29) is 17.3 Å². The molecule has 6 nitrogen and oxygen atoms in total. The molecule has 1 heterocycles. The fraction of sp³-hybridized carbons (Fsp3) is 0.154. The Kier molecular flexibility index (Phi) is 3.48. The number of anilines is 1. The van der Waals surface area contributed by atoms with E-state index >= 15 is 0 Å². The van der Waals surface area contributed by atoms with Crippen molar-refractivity contribution in [2.75, 3.05) is 5.32 Å². The molecule has 0 spiro atoms. The van der Waals surface area contributed by atoms with Crippen LogP contribution < -0.4 is 5.32 Å². The molecule has 2 rings (SSSR count). The van der Waals surface area contributed by atoms with Crippen molar-refractivity contribution in [2.24, 2.45) is 0 Å². The number of nitro benzene ring substituents is 1. The average molecular weight is 257 g/mol. The van der Waals surface area contributed by atoms with E-state index < -0.39 is 4.92 Å². The number of furan rings is 1. The van der Waals surface area contributed by atoms with E-state index in [1.165, 1.54) is 18.2 Å². The van der Waals surface area contributed by atoms with E-state index in [9.17, 15) is 10.1 Å². The minimum absolute atomic E-state index is 0.104. The van der Waals surface area contributed by atoms with Crippen LogP contribution in [-0.4, -0.2) is 4.92 Å². The van der Waals surface area contributed by atoms with Crippen LogP contribution in [-0.2, 0) is 0 Å². The molecule has 1 atom stereocenters. The zero-order valence-corrected chi connectivity index (χ0v) is 10.2. The van der Waals surface area contributed by atoms with E-state index in [4.69, 9.17) is 9.68 Å². The highest BCUT2D eigenvalue weighted by molar-refractivity contribution is 5.61. The molecule has 1 N–H and O–H groups in total. The predicted molar refractivity (Wildman–Crippen MR) is 68.6 cm³/mol. The molecule has 0 amide bonds. The lowest BCUT2D eigenvalue weighted by Gasteiger charge is -2.13. The SMILES string of the molecule is C[C@H](Nc1ccc([N+](=O)[O-])cc1C#N)c1ccco1. The standard InChI is InChI=1S/C13H11N3O3/c1-9(13-3-2-6-19-13)15-12-5-4-11(16(17)18)7-10(12)8-14/h2-7,9,15H,1H3/t9-/m0/s1. The van der Waals surface area contributed by atoms with Crippen LogP contribution in [0.15, 0.2) is 41.0 Å². The van der Waals surface area contributed by atoms with Gasteiger partial charge in [-0.1, -0.05) is 0 Å². The number of benzene rings is 1. The van der Waals surface area contributed by atoms with Gasteiger partial charge in [-0.25, -0.2) is 0 Å². The summed E-state index contributed by atoms with van der Waals surface area (Å²) in [6.07, 6.45) is 1.56. The predicted octanol–water partition coefficient (Wildman–Crippen LogP) is 3.23. The Labute approximate surface area is 109 Å². The number of hydrogen-bond acceptors (Lipinski definition) is 5. The summed E-state index contributed by atoms with van der Waals surface area (Å²) >= 11 is 0. The van der Waals surface area contributed by atoms with Gasteiger partial charge < -0.3 is 9.73 Å². The number of nitro groups is 1. The molecule has 1 aromatic carbocycles. The van der Waals surface area contributed by atoms with E-state index in [2.05, 4.69) is 5.32 Å². The second-order valence-electron chi connectivity index (χ2n) is 3.98. The monoisotopic (exact) mass is 257 g/mol. The lowest BCUT2D eigenvalue weighted by atomic mass is 10.1. The first-order valence-corrected chi connectivity index (χ1v) is 5.60. The Morgan fingerprint density at radius 2 is 2.26 bits per heavy atom. The van der Waals surface area contributed by atoms with Gasteiger partial charge in [0.15, 0.2) is 0 Å². The van der Waals surface area contributed by atoms with Crippen LogP contribution in [0.25, 0.3) is 0 Å². The first-order chi connectivity index (χ1) is 9.11. The summed E-state index contributed by atoms with van der Waals surface area (Å²) in [6, 6.07) is 9.53. The van der Waals surface area contributed by atoms with Crippen molar-refractivity contribution < 1.29 is 9.34 Å². The van der Waals surface area contributed by atoms with Gasteiger partial charge in [0.1, 0.15) is 11.8 Å². The molecule has 0 unspecified atom stereocenters. The second kappa shape index (κ2) is 5.23. The average Bonchev–Trinajstić information content (AvgIpc) is 2.92. The topological polar surface area (TPSA) is 92.1 Å². The number of non-ortho nitro benzene ring substituents is 1. The molecule has 1 aromatic heterocycles. The summed E-state index contributed by atoms with van der Waals surface area (Å²) in [4.78, 5) is 10.1. The Morgan fingerprint density at radius 3 is 2.84 bits per heavy atom. The number of nitrogens with zero attached hydrogens (tertiary/aromatic N) is 2. The zero-order chi connectivity index (χ0) is 13.8. The maximum atomic E-state index is 10.7. The largest absolute Gasteiger partial charge is 0.467 e. The first kappa shape index (κ1) is 12.6. The van der Waals surface area contributed by atoms with Crippen LogP contribution >= 0.6 is 0 Å². The molecule has 2 aromatic rings. The molecule has 0 aliphatic rings. The van der Waals surface area contributed by atoms with Crippen molar-refractivity contribution >= 4 is 11.4 Å². The molecule has 6 heteroatoms. The van der Waals surface area contributed by atoms with E-state index in [0.717, 1.165) is 5.76 Å². The van der Waals surface area contributed by atoms with Crippen molar-refractivity contribution in [1.82, 2.24) is 0 Å². The Bertz CT molecular complexity index is 629. The van der Waals surface area contributed by atoms with E-state index in [1.54, 1.807) is 12.3 Å². The molecular weight excluding hydrogens is 246 g/mol. The quantitative estimate of drug-likeness (QED) is 0.670. The molecular formula is C13H11N3O3. The van der Waals surface area contributed by atoms with Gasteiger partial charge in [-0.15, -0.1) is 0 Å². The Hall–Kier alpha value is -2.81. The number of nitriles is 1. The van der Waals surface area contributed by atoms with Gasteiger partial charge >= 0.3 is 0 Å². The third kappa shape index (κ3) is 2.72. The van der Waals surface area contributed by atoms with Gasteiger partial charge in [0.05, 0.1) is 28.5 Å². The highest BCUT2D eigenvalue weighted by Crippen LogP contribution is 2.25.